The summed E-state index contributed by atoms with van der Waals surface area (Å²) >= 11 is 0. The fourth-order valence-electron chi connectivity index (χ4n) is 3.36. The zero-order valence-electron chi connectivity index (χ0n) is 14.0. The summed E-state index contributed by atoms with van der Waals surface area (Å²) in [6, 6.07) is 8.47. The van der Waals surface area contributed by atoms with Crippen molar-refractivity contribution in [3.8, 4) is 0 Å². The molecule has 1 aromatic heterocycles. The van der Waals surface area contributed by atoms with E-state index in [2.05, 4.69) is 34.3 Å². The summed E-state index contributed by atoms with van der Waals surface area (Å²) in [5, 5.41) is 11.4. The Bertz CT molecular complexity index is 664. The molecule has 0 bridgehead atoms. The van der Waals surface area contributed by atoms with E-state index in [0.717, 1.165) is 29.7 Å². The molecule has 1 fully saturated rings. The zero-order valence-corrected chi connectivity index (χ0v) is 14.0. The van der Waals surface area contributed by atoms with Crippen LogP contribution in [0.3, 0.4) is 0 Å². The lowest BCUT2D eigenvalue weighted by Crippen LogP contribution is -2.44. The van der Waals surface area contributed by atoms with Gasteiger partial charge in [-0.3, -0.25) is 9.89 Å². The SMILES string of the molecule is CC(C)N1CCC[C@@H](CNC(=O)Cc2[nH]nc3ccccc23)C1. The highest BCUT2D eigenvalue weighted by atomic mass is 16.1. The highest BCUT2D eigenvalue weighted by molar-refractivity contribution is 5.87. The van der Waals surface area contributed by atoms with Crippen molar-refractivity contribution in [3.63, 3.8) is 0 Å². The summed E-state index contributed by atoms with van der Waals surface area (Å²) in [6.07, 6.45) is 2.79. The average Bonchev–Trinajstić information content (AvgIpc) is 2.96. The van der Waals surface area contributed by atoms with Gasteiger partial charge in [-0.05, 0) is 45.2 Å². The first-order chi connectivity index (χ1) is 11.1. The van der Waals surface area contributed by atoms with Crippen LogP contribution < -0.4 is 5.32 Å². The monoisotopic (exact) mass is 314 g/mol. The number of benzene rings is 1. The maximum Gasteiger partial charge on any atom is 0.226 e. The molecule has 23 heavy (non-hydrogen) atoms. The molecule has 0 radical (unpaired) electrons. The lowest BCUT2D eigenvalue weighted by atomic mass is 9.97. The lowest BCUT2D eigenvalue weighted by molar-refractivity contribution is -0.120. The zero-order chi connectivity index (χ0) is 16.2. The fraction of sp³-hybridized carbons (Fsp3) is 0.556. The minimum atomic E-state index is 0.0704. The van der Waals surface area contributed by atoms with Crippen molar-refractivity contribution in [1.82, 2.24) is 20.4 Å². The maximum absolute atomic E-state index is 12.2. The van der Waals surface area contributed by atoms with Crippen LogP contribution in [0, 0.1) is 5.92 Å². The molecule has 1 aliphatic heterocycles. The number of aromatic nitrogens is 2. The van der Waals surface area contributed by atoms with Gasteiger partial charge in [-0.1, -0.05) is 18.2 Å². The van der Waals surface area contributed by atoms with Crippen molar-refractivity contribution in [2.24, 2.45) is 5.92 Å². The number of piperidine rings is 1. The number of amides is 1. The largest absolute Gasteiger partial charge is 0.355 e. The minimum Gasteiger partial charge on any atom is -0.355 e. The normalized spacial score (nSPS) is 19.3. The molecule has 1 amide bonds. The number of nitrogens with zero attached hydrogens (tertiary/aromatic N) is 2. The number of nitrogens with one attached hydrogen (secondary N) is 2. The molecular formula is C18H26N4O. The second-order valence-corrected chi connectivity index (χ2v) is 6.80. The predicted octanol–water partition coefficient (Wildman–Crippen LogP) is 2.34. The molecule has 1 saturated heterocycles. The number of carbonyl (C=O) groups excluding carboxylic acids is 1. The number of aromatic amines is 1. The van der Waals surface area contributed by atoms with E-state index in [9.17, 15) is 4.79 Å². The summed E-state index contributed by atoms with van der Waals surface area (Å²) < 4.78 is 0. The van der Waals surface area contributed by atoms with Crippen LogP contribution in [0.5, 0.6) is 0 Å². The van der Waals surface area contributed by atoms with E-state index in [4.69, 9.17) is 0 Å². The quantitative estimate of drug-likeness (QED) is 0.890. The molecule has 5 nitrogen and oxygen atoms in total. The van der Waals surface area contributed by atoms with Gasteiger partial charge in [0.1, 0.15) is 0 Å². The first kappa shape index (κ1) is 16.0. The van der Waals surface area contributed by atoms with Crippen LogP contribution in [0.1, 0.15) is 32.4 Å². The number of H-pyrrole nitrogens is 1. The van der Waals surface area contributed by atoms with E-state index in [1.807, 2.05) is 24.3 Å². The van der Waals surface area contributed by atoms with E-state index in [1.165, 1.54) is 19.4 Å². The third kappa shape index (κ3) is 3.91. The highest BCUT2D eigenvalue weighted by Crippen LogP contribution is 2.18. The Balaban J connectivity index is 1.52. The number of rotatable bonds is 5. The van der Waals surface area contributed by atoms with Gasteiger partial charge in [0.05, 0.1) is 17.6 Å². The molecule has 2 N–H and O–H groups in total. The first-order valence-electron chi connectivity index (χ1n) is 8.56. The van der Waals surface area contributed by atoms with Crippen molar-refractivity contribution in [3.05, 3.63) is 30.0 Å². The summed E-state index contributed by atoms with van der Waals surface area (Å²) in [7, 11) is 0. The standard InChI is InChI=1S/C18H26N4O/c1-13(2)22-9-5-6-14(12-22)11-19-18(23)10-17-15-7-3-4-8-16(15)20-21-17/h3-4,7-8,13-14H,5-6,9-12H2,1-2H3,(H,19,23)(H,20,21)/t14-/m0/s1. The van der Waals surface area contributed by atoms with Gasteiger partial charge in [0.15, 0.2) is 0 Å². The molecule has 2 aromatic rings. The van der Waals surface area contributed by atoms with E-state index in [0.29, 0.717) is 18.4 Å². The molecule has 0 saturated carbocycles. The molecular weight excluding hydrogens is 288 g/mol. The Kier molecular flexibility index (Phi) is 4.96. The van der Waals surface area contributed by atoms with Gasteiger partial charge >= 0.3 is 0 Å². The Morgan fingerprint density at radius 2 is 2.26 bits per heavy atom. The van der Waals surface area contributed by atoms with Gasteiger partial charge in [0.2, 0.25) is 5.91 Å². The molecule has 124 valence electrons. The summed E-state index contributed by atoms with van der Waals surface area (Å²) in [5.74, 6) is 0.634. The molecule has 0 spiro atoms. The Morgan fingerprint density at radius 1 is 1.43 bits per heavy atom. The summed E-state index contributed by atoms with van der Waals surface area (Å²) in [5.41, 5.74) is 1.81. The maximum atomic E-state index is 12.2. The molecule has 1 aromatic carbocycles. The van der Waals surface area contributed by atoms with Crippen LogP contribution in [-0.2, 0) is 11.2 Å². The second kappa shape index (κ2) is 7.13. The Morgan fingerprint density at radius 3 is 3.09 bits per heavy atom. The van der Waals surface area contributed by atoms with E-state index in [1.54, 1.807) is 0 Å². The van der Waals surface area contributed by atoms with Crippen molar-refractivity contribution in [1.29, 1.82) is 0 Å². The van der Waals surface area contributed by atoms with Crippen LogP contribution in [0.15, 0.2) is 24.3 Å². The first-order valence-corrected chi connectivity index (χ1v) is 8.56. The second-order valence-electron chi connectivity index (χ2n) is 6.80. The third-order valence-electron chi connectivity index (χ3n) is 4.75. The van der Waals surface area contributed by atoms with Gasteiger partial charge in [0, 0.05) is 24.5 Å². The van der Waals surface area contributed by atoms with Gasteiger partial charge in [-0.25, -0.2) is 0 Å². The van der Waals surface area contributed by atoms with E-state index < -0.39 is 0 Å². The molecule has 2 heterocycles. The number of likely N-dealkylation sites (tertiary alicyclic amines) is 1. The minimum absolute atomic E-state index is 0.0704. The number of para-hydroxylation sites is 1. The topological polar surface area (TPSA) is 61.0 Å². The van der Waals surface area contributed by atoms with Crippen LogP contribution in [0.2, 0.25) is 0 Å². The molecule has 0 unspecified atom stereocenters. The highest BCUT2D eigenvalue weighted by Gasteiger charge is 2.22. The van der Waals surface area contributed by atoms with Crippen molar-refractivity contribution in [2.45, 2.75) is 39.2 Å². The van der Waals surface area contributed by atoms with Crippen LogP contribution >= 0.6 is 0 Å². The van der Waals surface area contributed by atoms with Crippen LogP contribution in [-0.4, -0.2) is 46.7 Å². The number of hydrogen-bond acceptors (Lipinski definition) is 3. The third-order valence-corrected chi connectivity index (χ3v) is 4.75. The number of carbonyl (C=O) groups is 1. The van der Waals surface area contributed by atoms with Gasteiger partial charge in [0.25, 0.3) is 0 Å². The molecule has 0 aliphatic carbocycles. The van der Waals surface area contributed by atoms with Crippen molar-refractivity contribution in [2.75, 3.05) is 19.6 Å². The molecule has 3 rings (SSSR count). The molecule has 1 aliphatic rings. The number of hydrogen-bond donors (Lipinski definition) is 2. The summed E-state index contributed by atoms with van der Waals surface area (Å²) in [4.78, 5) is 14.7. The van der Waals surface area contributed by atoms with Crippen LogP contribution in [0.25, 0.3) is 10.9 Å². The predicted molar refractivity (Wildman–Crippen MR) is 92.2 cm³/mol. The van der Waals surface area contributed by atoms with Crippen molar-refractivity contribution < 1.29 is 4.79 Å². The summed E-state index contributed by atoms with van der Waals surface area (Å²) in [6.45, 7) is 7.52. The van der Waals surface area contributed by atoms with Crippen LogP contribution in [0.4, 0.5) is 0 Å². The Labute approximate surface area is 137 Å². The average molecular weight is 314 g/mol. The smallest absolute Gasteiger partial charge is 0.226 e. The van der Waals surface area contributed by atoms with Gasteiger partial charge in [-0.15, -0.1) is 0 Å². The lowest BCUT2D eigenvalue weighted by Gasteiger charge is -2.35. The van der Waals surface area contributed by atoms with E-state index in [-0.39, 0.29) is 5.91 Å². The van der Waals surface area contributed by atoms with Crippen molar-refractivity contribution >= 4 is 16.8 Å². The fourth-order valence-corrected chi connectivity index (χ4v) is 3.36. The van der Waals surface area contributed by atoms with Gasteiger partial charge < -0.3 is 10.2 Å². The molecule has 1 atom stereocenters. The Hall–Kier alpha value is -1.88. The molecule has 5 heteroatoms. The van der Waals surface area contributed by atoms with E-state index >= 15 is 0 Å². The van der Waals surface area contributed by atoms with Gasteiger partial charge in [-0.2, -0.15) is 5.10 Å². The number of fused-ring (bicyclic) bond motifs is 1.